The Morgan fingerprint density at radius 3 is 2.74 bits per heavy atom. The molecule has 6 nitrogen and oxygen atoms in total. The van der Waals surface area contributed by atoms with Crippen LogP contribution in [0.5, 0.6) is 6.01 Å². The summed E-state index contributed by atoms with van der Waals surface area (Å²) in [6, 6.07) is 4.22. The standard InChI is InChI=1S/C13H17N5O/c1-9(2)19-13-17-11(16-12(14-3)18-13)7-10-5-4-6-15-8-10/h4-6,8-9H,7H2,1-3H3,(H,14,16,17,18). The SMILES string of the molecule is CNc1nc(Cc2cccnc2)nc(OC(C)C)n1. The monoisotopic (exact) mass is 259 g/mol. The van der Waals surface area contributed by atoms with E-state index in [1.54, 1.807) is 19.4 Å². The fraction of sp³-hybridized carbons (Fsp3) is 0.385. The average Bonchev–Trinajstić information content (AvgIpc) is 2.38. The van der Waals surface area contributed by atoms with E-state index in [1.165, 1.54) is 0 Å². The van der Waals surface area contributed by atoms with Gasteiger partial charge in [0.1, 0.15) is 5.82 Å². The summed E-state index contributed by atoms with van der Waals surface area (Å²) in [5.41, 5.74) is 1.05. The Labute approximate surface area is 112 Å². The molecule has 6 heteroatoms. The van der Waals surface area contributed by atoms with Crippen molar-refractivity contribution in [3.63, 3.8) is 0 Å². The molecule has 0 saturated carbocycles. The summed E-state index contributed by atoms with van der Waals surface area (Å²) in [5, 5.41) is 2.91. The molecular formula is C13H17N5O. The first-order valence-electron chi connectivity index (χ1n) is 6.15. The molecule has 0 saturated heterocycles. The number of pyridine rings is 1. The first kappa shape index (κ1) is 13.2. The minimum Gasteiger partial charge on any atom is -0.461 e. The van der Waals surface area contributed by atoms with Crippen LogP contribution in [-0.2, 0) is 6.42 Å². The van der Waals surface area contributed by atoms with Crippen LogP contribution in [0.3, 0.4) is 0 Å². The molecule has 2 aromatic rings. The van der Waals surface area contributed by atoms with Crippen LogP contribution in [0.25, 0.3) is 0 Å². The van der Waals surface area contributed by atoms with Gasteiger partial charge in [-0.3, -0.25) is 4.98 Å². The van der Waals surface area contributed by atoms with Gasteiger partial charge in [-0.1, -0.05) is 6.07 Å². The lowest BCUT2D eigenvalue weighted by molar-refractivity contribution is 0.221. The third kappa shape index (κ3) is 3.87. The third-order valence-corrected chi connectivity index (χ3v) is 2.31. The lowest BCUT2D eigenvalue weighted by atomic mass is 10.2. The maximum absolute atomic E-state index is 5.52. The molecule has 0 amide bonds. The number of nitrogens with zero attached hydrogens (tertiary/aromatic N) is 4. The number of rotatable bonds is 5. The second-order valence-corrected chi connectivity index (χ2v) is 4.31. The predicted molar refractivity (Wildman–Crippen MR) is 72.2 cm³/mol. The topological polar surface area (TPSA) is 72.8 Å². The second kappa shape index (κ2) is 6.08. The number of nitrogens with one attached hydrogen (secondary N) is 1. The molecule has 0 aliphatic carbocycles. The van der Waals surface area contributed by atoms with Crippen molar-refractivity contribution in [3.8, 4) is 6.01 Å². The van der Waals surface area contributed by atoms with Gasteiger partial charge in [-0.2, -0.15) is 15.0 Å². The maximum atomic E-state index is 5.52. The summed E-state index contributed by atoms with van der Waals surface area (Å²) in [6.45, 7) is 3.87. The summed E-state index contributed by atoms with van der Waals surface area (Å²) >= 11 is 0. The van der Waals surface area contributed by atoms with E-state index >= 15 is 0 Å². The van der Waals surface area contributed by atoms with Crippen molar-refractivity contribution < 1.29 is 4.74 Å². The lowest BCUT2D eigenvalue weighted by Gasteiger charge is -2.10. The number of hydrogen-bond acceptors (Lipinski definition) is 6. The molecule has 2 heterocycles. The van der Waals surface area contributed by atoms with E-state index in [4.69, 9.17) is 4.74 Å². The van der Waals surface area contributed by atoms with Crippen LogP contribution in [0.4, 0.5) is 5.95 Å². The average molecular weight is 259 g/mol. The van der Waals surface area contributed by atoms with Gasteiger partial charge < -0.3 is 10.1 Å². The van der Waals surface area contributed by atoms with Gasteiger partial charge in [0.05, 0.1) is 6.10 Å². The maximum Gasteiger partial charge on any atom is 0.321 e. The summed E-state index contributed by atoms with van der Waals surface area (Å²) in [4.78, 5) is 16.9. The van der Waals surface area contributed by atoms with Crippen molar-refractivity contribution in [2.24, 2.45) is 0 Å². The molecule has 0 fully saturated rings. The van der Waals surface area contributed by atoms with Crippen molar-refractivity contribution in [2.45, 2.75) is 26.4 Å². The highest BCUT2D eigenvalue weighted by Gasteiger charge is 2.08. The van der Waals surface area contributed by atoms with Crippen molar-refractivity contribution >= 4 is 5.95 Å². The first-order chi connectivity index (χ1) is 9.17. The largest absolute Gasteiger partial charge is 0.461 e. The summed E-state index contributed by atoms with van der Waals surface area (Å²) in [6.07, 6.45) is 4.16. The Morgan fingerprint density at radius 1 is 1.26 bits per heavy atom. The summed E-state index contributed by atoms with van der Waals surface area (Å²) in [7, 11) is 1.77. The van der Waals surface area contributed by atoms with Crippen LogP contribution >= 0.6 is 0 Å². The molecule has 2 rings (SSSR count). The Morgan fingerprint density at radius 2 is 2.11 bits per heavy atom. The highest BCUT2D eigenvalue weighted by Crippen LogP contribution is 2.12. The number of ether oxygens (including phenoxy) is 1. The van der Waals surface area contributed by atoms with Gasteiger partial charge in [0.2, 0.25) is 5.95 Å². The molecule has 2 aromatic heterocycles. The van der Waals surface area contributed by atoms with Crippen molar-refractivity contribution in [1.82, 2.24) is 19.9 Å². The molecule has 19 heavy (non-hydrogen) atoms. The van der Waals surface area contributed by atoms with E-state index in [2.05, 4.69) is 25.3 Å². The first-order valence-corrected chi connectivity index (χ1v) is 6.15. The van der Waals surface area contributed by atoms with Gasteiger partial charge in [0.15, 0.2) is 0 Å². The van der Waals surface area contributed by atoms with Crippen molar-refractivity contribution in [1.29, 1.82) is 0 Å². The minimum atomic E-state index is 0.0262. The molecule has 0 aliphatic rings. The van der Waals surface area contributed by atoms with E-state index in [1.807, 2.05) is 26.0 Å². The fourth-order valence-electron chi connectivity index (χ4n) is 1.54. The van der Waals surface area contributed by atoms with Crippen LogP contribution in [0.15, 0.2) is 24.5 Å². The Hall–Kier alpha value is -2.24. The second-order valence-electron chi connectivity index (χ2n) is 4.31. The van der Waals surface area contributed by atoms with Gasteiger partial charge in [-0.05, 0) is 25.5 Å². The zero-order valence-electron chi connectivity index (χ0n) is 11.3. The molecule has 100 valence electrons. The molecule has 1 N–H and O–H groups in total. The van der Waals surface area contributed by atoms with Crippen LogP contribution in [-0.4, -0.2) is 33.1 Å². The molecule has 0 aliphatic heterocycles. The van der Waals surface area contributed by atoms with E-state index in [9.17, 15) is 0 Å². The zero-order chi connectivity index (χ0) is 13.7. The zero-order valence-corrected chi connectivity index (χ0v) is 11.3. The van der Waals surface area contributed by atoms with Gasteiger partial charge in [-0.25, -0.2) is 0 Å². The number of hydrogen-bond donors (Lipinski definition) is 1. The lowest BCUT2D eigenvalue weighted by Crippen LogP contribution is -2.12. The Kier molecular flexibility index (Phi) is 4.22. The Bertz CT molecular complexity index is 530. The fourth-order valence-corrected chi connectivity index (χ4v) is 1.54. The predicted octanol–water partition coefficient (Wildman–Crippen LogP) is 1.69. The number of aromatic nitrogens is 4. The van der Waals surface area contributed by atoms with Crippen molar-refractivity contribution in [2.75, 3.05) is 12.4 Å². The molecule has 0 radical (unpaired) electrons. The van der Waals surface area contributed by atoms with Gasteiger partial charge >= 0.3 is 6.01 Å². The van der Waals surface area contributed by atoms with Crippen LogP contribution in [0, 0.1) is 0 Å². The molecule has 0 unspecified atom stereocenters. The van der Waals surface area contributed by atoms with Gasteiger partial charge in [0.25, 0.3) is 0 Å². The number of anilines is 1. The van der Waals surface area contributed by atoms with Gasteiger partial charge in [0, 0.05) is 25.9 Å². The molecular weight excluding hydrogens is 242 g/mol. The Balaban J connectivity index is 2.24. The normalized spacial score (nSPS) is 10.5. The highest BCUT2D eigenvalue weighted by molar-refractivity contribution is 5.26. The van der Waals surface area contributed by atoms with E-state index in [0.717, 1.165) is 5.56 Å². The molecule has 0 atom stereocenters. The van der Waals surface area contributed by atoms with E-state index < -0.39 is 0 Å². The summed E-state index contributed by atoms with van der Waals surface area (Å²) in [5.74, 6) is 1.16. The van der Waals surface area contributed by atoms with Crippen molar-refractivity contribution in [3.05, 3.63) is 35.9 Å². The smallest absolute Gasteiger partial charge is 0.321 e. The molecule has 0 aromatic carbocycles. The van der Waals surface area contributed by atoms with E-state index in [0.29, 0.717) is 24.2 Å². The van der Waals surface area contributed by atoms with Crippen LogP contribution in [0.1, 0.15) is 25.2 Å². The van der Waals surface area contributed by atoms with Gasteiger partial charge in [-0.15, -0.1) is 0 Å². The molecule has 0 spiro atoms. The minimum absolute atomic E-state index is 0.0262. The summed E-state index contributed by atoms with van der Waals surface area (Å²) < 4.78 is 5.52. The highest BCUT2D eigenvalue weighted by atomic mass is 16.5. The van der Waals surface area contributed by atoms with Crippen LogP contribution < -0.4 is 10.1 Å². The van der Waals surface area contributed by atoms with E-state index in [-0.39, 0.29) is 6.10 Å². The van der Waals surface area contributed by atoms with Crippen LogP contribution in [0.2, 0.25) is 0 Å². The molecule has 0 bridgehead atoms. The third-order valence-electron chi connectivity index (χ3n) is 2.31. The quantitative estimate of drug-likeness (QED) is 0.880.